The minimum absolute atomic E-state index is 0.000779. The number of phenolic OH excluding ortho intramolecular Hbond substituents is 6. The van der Waals surface area contributed by atoms with Gasteiger partial charge in [0.25, 0.3) is 0 Å². The molecule has 66 heavy (non-hydrogen) atoms. The first-order valence-electron chi connectivity index (χ1n) is 20.5. The normalized spacial score (nSPS) is 14.4. The van der Waals surface area contributed by atoms with Gasteiger partial charge in [0.15, 0.2) is 11.6 Å². The third-order valence-corrected chi connectivity index (χ3v) is 10.7. The van der Waals surface area contributed by atoms with Crippen molar-refractivity contribution < 1.29 is 75.1 Å². The summed E-state index contributed by atoms with van der Waals surface area (Å²) in [5.41, 5.74) is 3.83. The van der Waals surface area contributed by atoms with Crippen molar-refractivity contribution in [3.63, 3.8) is 0 Å². The molecule has 0 radical (unpaired) electrons. The van der Waals surface area contributed by atoms with Crippen LogP contribution in [-0.4, -0.2) is 52.4 Å². The monoisotopic (exact) mass is 982 g/mol. The number of ketones is 2. The fourth-order valence-electron chi connectivity index (χ4n) is 7.46. The quantitative estimate of drug-likeness (QED) is 0.0701. The van der Waals surface area contributed by atoms with E-state index in [1.54, 1.807) is 66.7 Å². The first kappa shape index (κ1) is 48.7. The molecule has 2 atom stereocenters. The topological polar surface area (TPSA) is 214 Å². The number of halogens is 2. The molecule has 2 heterocycles. The van der Waals surface area contributed by atoms with Gasteiger partial charge in [-0.2, -0.15) is 0 Å². The van der Waals surface area contributed by atoms with Crippen LogP contribution in [0.3, 0.4) is 0 Å². The van der Waals surface area contributed by atoms with Gasteiger partial charge in [0.1, 0.15) is 75.1 Å². The molecule has 0 saturated carbocycles. The third kappa shape index (κ3) is 11.7. The number of carbonyl (C=O) groups excluding carboxylic acids is 2. The molecular weight excluding hydrogens is 941 g/mol. The first-order chi connectivity index (χ1) is 31.8. The van der Waals surface area contributed by atoms with E-state index in [1.165, 1.54) is 12.1 Å². The molecule has 8 N–H and O–H groups in total. The van der Waals surface area contributed by atoms with Crippen molar-refractivity contribution in [3.05, 3.63) is 196 Å². The summed E-state index contributed by atoms with van der Waals surface area (Å²) in [5, 5.41) is 79.8. The summed E-state index contributed by atoms with van der Waals surface area (Å²) in [5.74, 6) is -0.938. The van der Waals surface area contributed by atoms with E-state index < -0.39 is 21.2 Å². The first-order valence-corrected chi connectivity index (χ1v) is 28.3. The van der Waals surface area contributed by atoms with Crippen molar-refractivity contribution in [2.45, 2.75) is 44.5 Å². The summed E-state index contributed by atoms with van der Waals surface area (Å²) < 4.78 is 12.0. The number of aromatic hydroxyl groups is 7. The van der Waals surface area contributed by atoms with Gasteiger partial charge in [-0.25, -0.2) is 0 Å². The molecule has 0 fully saturated rings. The third-order valence-electron chi connectivity index (χ3n) is 10.7. The van der Waals surface area contributed by atoms with E-state index in [9.17, 15) is 40.2 Å². The van der Waals surface area contributed by atoms with Crippen LogP contribution in [0.1, 0.15) is 84.7 Å². The Morgan fingerprint density at radius 2 is 0.924 bits per heavy atom. The van der Waals surface area contributed by atoms with Gasteiger partial charge < -0.3 is 50.3 Å². The number of benzene rings is 7. The Morgan fingerprint density at radius 1 is 0.500 bits per heavy atom. The van der Waals surface area contributed by atoms with Crippen molar-refractivity contribution in [3.8, 4) is 51.7 Å². The maximum atomic E-state index is 13.3. The number of aliphatic hydroxyl groups is 1. The molecule has 0 bridgehead atoms. The van der Waals surface area contributed by atoms with Gasteiger partial charge in [-0.05, 0) is 40.5 Å². The van der Waals surface area contributed by atoms with E-state index in [2.05, 4.69) is 0 Å². The number of fused-ring (bicyclic) bond motifs is 2. The summed E-state index contributed by atoms with van der Waals surface area (Å²) in [6, 6.07) is 41.2. The second kappa shape index (κ2) is 22.9. The molecule has 9 rings (SSSR count). The van der Waals surface area contributed by atoms with Gasteiger partial charge >= 0.3 is 34.5 Å². The van der Waals surface area contributed by atoms with Crippen molar-refractivity contribution in [1.82, 2.24) is 0 Å². The molecule has 0 spiro atoms. The molecule has 12 nitrogen and oxygen atoms in total. The number of aliphatic hydroxyl groups excluding tert-OH is 1. The Bertz CT molecular complexity index is 2790. The van der Waals surface area contributed by atoms with Crippen molar-refractivity contribution >= 4 is 30.9 Å². The Morgan fingerprint density at radius 3 is 1.39 bits per heavy atom. The number of hydrogen-bond donors (Lipinski definition) is 8. The number of phenols is 7. The van der Waals surface area contributed by atoms with E-state index in [0.29, 0.717) is 22.3 Å². The van der Waals surface area contributed by atoms with Crippen LogP contribution in [0.4, 0.5) is 0 Å². The Kier molecular flexibility index (Phi) is 16.9. The van der Waals surface area contributed by atoms with Crippen LogP contribution in [-0.2, 0) is 34.6 Å². The average Bonchev–Trinajstić information content (AvgIpc) is 3.31. The summed E-state index contributed by atoms with van der Waals surface area (Å²) in [6.45, 7) is -0.104. The van der Waals surface area contributed by atoms with Gasteiger partial charge in [0, 0.05) is 41.7 Å². The van der Waals surface area contributed by atoms with Gasteiger partial charge in [-0.15, -0.1) is 0 Å². The standard InChI is InChI=1S/C29H24O6.C15H12O4.C7H8O2.2ClH.Zn/c30-22-12-6-4-10-18(22)14-20-27(33)21(15-19-11-5-7-13-23(19)31)29-26(28(20)34)24(32)16-25(35-29)17-8-2-1-3-9-17;16-10-6-11(17)15-12(18)8-13(19-14(15)7-10)9-4-2-1-3-5-9;8-5-6-3-1-2-4-7(6)9;;;/h1-13,25,30-31,33-34H,14-16H2;1-7,13,16-17H,8H2;1-4,8-9H,5H2;2*1H;/q;;;;;+2/p-2/t25-;13-;;;;/m00..../s1. The maximum absolute atomic E-state index is 13.3. The average molecular weight is 985 g/mol. The number of rotatable bonds is 7. The fourth-order valence-corrected chi connectivity index (χ4v) is 7.46. The van der Waals surface area contributed by atoms with Crippen LogP contribution in [0.25, 0.3) is 0 Å². The van der Waals surface area contributed by atoms with E-state index in [0.717, 1.165) is 17.2 Å². The van der Waals surface area contributed by atoms with E-state index in [1.807, 2.05) is 60.7 Å². The molecule has 336 valence electrons. The van der Waals surface area contributed by atoms with Crippen LogP contribution in [0.5, 0.6) is 51.7 Å². The van der Waals surface area contributed by atoms with Crippen molar-refractivity contribution in [2.75, 3.05) is 0 Å². The Hall–Kier alpha value is -6.76. The van der Waals surface area contributed by atoms with Crippen molar-refractivity contribution in [2.24, 2.45) is 0 Å². The zero-order valence-corrected chi connectivity index (χ0v) is 39.7. The number of para-hydroxylation sites is 3. The summed E-state index contributed by atoms with van der Waals surface area (Å²) in [6.07, 6.45) is -0.689. The van der Waals surface area contributed by atoms with E-state index in [-0.39, 0.29) is 118 Å². The summed E-state index contributed by atoms with van der Waals surface area (Å²) in [7, 11) is 9.90. The molecule has 2 aliphatic rings. The number of carbonyl (C=O) groups is 2. The molecule has 7 aromatic carbocycles. The van der Waals surface area contributed by atoms with E-state index in [4.69, 9.17) is 39.1 Å². The molecule has 15 heteroatoms. The number of hydrogen-bond acceptors (Lipinski definition) is 12. The van der Waals surface area contributed by atoms with Crippen LogP contribution < -0.4 is 9.47 Å². The minimum atomic E-state index is -0.931. The molecular formula is C51H44Cl2O12Zn. The Labute approximate surface area is 395 Å². The van der Waals surface area contributed by atoms with Gasteiger partial charge in [0.05, 0.1) is 19.4 Å². The van der Waals surface area contributed by atoms with Crippen LogP contribution >= 0.6 is 19.4 Å². The van der Waals surface area contributed by atoms with E-state index >= 15 is 0 Å². The molecule has 7 aromatic rings. The predicted octanol–water partition coefficient (Wildman–Crippen LogP) is 10.5. The van der Waals surface area contributed by atoms with Crippen LogP contribution in [0.2, 0.25) is 0 Å². The molecule has 0 aromatic heterocycles. The summed E-state index contributed by atoms with van der Waals surface area (Å²) in [4.78, 5) is 25.4. The predicted molar refractivity (Wildman–Crippen MR) is 245 cm³/mol. The number of ether oxygens (including phenoxy) is 2. The second-order valence-corrected chi connectivity index (χ2v) is 19.6. The fraction of sp³-hybridized carbons (Fsp3) is 0.137. The number of Topliss-reactive ketones (excluding diaryl/α,β-unsaturated/α-hetero) is 2. The zero-order chi connectivity index (χ0) is 47.3. The van der Waals surface area contributed by atoms with Crippen molar-refractivity contribution in [1.29, 1.82) is 0 Å². The second-order valence-electron chi connectivity index (χ2n) is 15.0. The molecule has 2 aliphatic heterocycles. The van der Waals surface area contributed by atoms with Gasteiger partial charge in [-0.1, -0.05) is 115 Å². The zero-order valence-electron chi connectivity index (χ0n) is 35.2. The van der Waals surface area contributed by atoms with Gasteiger partial charge in [-0.3, -0.25) is 9.59 Å². The van der Waals surface area contributed by atoms with Crippen LogP contribution in [0.15, 0.2) is 146 Å². The molecule has 0 saturated heterocycles. The molecule has 0 unspecified atom stereocenters. The van der Waals surface area contributed by atoms with Crippen LogP contribution in [0, 0.1) is 0 Å². The SMILES string of the molecule is O=C1C[C@@H](c2ccccc2)Oc2c(Cc3ccccc3O)c(O)c(Cc3ccccc3O)c(O)c21.O=C1C[C@@H](c2ccccc2)Oc2cc(O)cc(O)c21.OCc1ccccc1O.[Cl][Zn][Cl]. The molecule has 0 aliphatic carbocycles. The Balaban J connectivity index is 0.000000192. The van der Waals surface area contributed by atoms with Gasteiger partial charge in [0.2, 0.25) is 0 Å². The molecule has 0 amide bonds. The summed E-state index contributed by atoms with van der Waals surface area (Å²) >= 11 is -0.931.